The molecule has 0 unspecified atom stereocenters. The van der Waals surface area contributed by atoms with Gasteiger partial charge in [-0.25, -0.2) is 8.78 Å². The molecule has 1 nitrogen and oxygen atoms in total. The van der Waals surface area contributed by atoms with Crippen molar-refractivity contribution in [1.29, 1.82) is 0 Å². The van der Waals surface area contributed by atoms with E-state index in [2.05, 4.69) is 5.32 Å². The Morgan fingerprint density at radius 3 is 2.92 bits per heavy atom. The number of aryl methyl sites for hydroxylation is 1. The number of anilines is 1. The molecule has 0 spiro atoms. The van der Waals surface area contributed by atoms with Crippen molar-refractivity contribution >= 4 is 5.69 Å². The maximum Gasteiger partial charge on any atom is 0.263 e. The number of benzene rings is 1. The molecule has 1 aliphatic rings. The predicted octanol–water partition coefficient (Wildman–Crippen LogP) is 2.98. The highest BCUT2D eigenvalue weighted by Crippen LogP contribution is 2.27. The Morgan fingerprint density at radius 2 is 2.15 bits per heavy atom. The number of hydrogen-bond donors (Lipinski definition) is 1. The largest absolute Gasteiger partial charge is 0.385 e. The highest BCUT2D eigenvalue weighted by molar-refractivity contribution is 5.55. The molecule has 0 radical (unpaired) electrons. The molecule has 1 aromatic carbocycles. The third kappa shape index (κ3) is 1.64. The summed E-state index contributed by atoms with van der Waals surface area (Å²) in [6.07, 6.45) is -0.290. The molecule has 70 valence electrons. The number of alkyl halides is 2. The van der Waals surface area contributed by atoms with Gasteiger partial charge in [0.05, 0.1) is 0 Å². The van der Waals surface area contributed by atoms with Crippen molar-refractivity contribution in [2.24, 2.45) is 0 Å². The number of nitrogens with one attached hydrogen (secondary N) is 1. The van der Waals surface area contributed by atoms with Crippen molar-refractivity contribution in [2.45, 2.75) is 19.3 Å². The van der Waals surface area contributed by atoms with Crippen LogP contribution in [0.5, 0.6) is 0 Å². The second-order valence-electron chi connectivity index (χ2n) is 3.25. The lowest BCUT2D eigenvalue weighted by molar-refractivity contribution is 0.151. The molecule has 0 amide bonds. The first-order valence-electron chi connectivity index (χ1n) is 4.42. The minimum absolute atomic E-state index is 0.105. The lowest BCUT2D eigenvalue weighted by atomic mass is 10.0. The van der Waals surface area contributed by atoms with E-state index in [4.69, 9.17) is 0 Å². The van der Waals surface area contributed by atoms with E-state index in [0.717, 1.165) is 30.6 Å². The molecular weight excluding hydrogens is 172 g/mol. The molecular formula is C10H11F2N. The van der Waals surface area contributed by atoms with Gasteiger partial charge in [0.2, 0.25) is 0 Å². The minimum atomic E-state index is -2.37. The number of halogens is 2. The highest BCUT2D eigenvalue weighted by Gasteiger charge is 2.12. The molecule has 0 aliphatic carbocycles. The molecule has 2 rings (SSSR count). The van der Waals surface area contributed by atoms with Crippen LogP contribution in [0.2, 0.25) is 0 Å². The Bertz CT molecular complexity index is 310. The van der Waals surface area contributed by atoms with E-state index in [1.54, 1.807) is 12.1 Å². The van der Waals surface area contributed by atoms with E-state index in [0.29, 0.717) is 0 Å². The molecule has 1 aliphatic heterocycles. The van der Waals surface area contributed by atoms with Gasteiger partial charge in [-0.1, -0.05) is 12.1 Å². The van der Waals surface area contributed by atoms with Crippen molar-refractivity contribution < 1.29 is 8.78 Å². The average molecular weight is 183 g/mol. The summed E-state index contributed by atoms with van der Waals surface area (Å²) in [7, 11) is 0. The minimum Gasteiger partial charge on any atom is -0.385 e. The molecule has 3 heteroatoms. The maximum absolute atomic E-state index is 12.3. The van der Waals surface area contributed by atoms with Gasteiger partial charge in [0.15, 0.2) is 0 Å². The molecule has 13 heavy (non-hydrogen) atoms. The predicted molar refractivity (Wildman–Crippen MR) is 48.2 cm³/mol. The van der Waals surface area contributed by atoms with Gasteiger partial charge >= 0.3 is 0 Å². The Kier molecular flexibility index (Phi) is 2.17. The molecule has 0 fully saturated rings. The fraction of sp³-hybridized carbons (Fsp3) is 0.400. The Morgan fingerprint density at radius 1 is 1.31 bits per heavy atom. The van der Waals surface area contributed by atoms with Crippen LogP contribution < -0.4 is 5.32 Å². The number of rotatable bonds is 1. The van der Waals surface area contributed by atoms with Crippen LogP contribution in [0, 0.1) is 0 Å². The monoisotopic (exact) mass is 183 g/mol. The van der Waals surface area contributed by atoms with E-state index in [1.165, 1.54) is 6.07 Å². The van der Waals surface area contributed by atoms with Crippen LogP contribution in [0.4, 0.5) is 14.5 Å². The Hall–Kier alpha value is -1.12. The van der Waals surface area contributed by atoms with Gasteiger partial charge in [0.1, 0.15) is 0 Å². The van der Waals surface area contributed by atoms with Crippen LogP contribution in [0.25, 0.3) is 0 Å². The zero-order chi connectivity index (χ0) is 9.26. The third-order valence-electron chi connectivity index (χ3n) is 2.32. The fourth-order valence-electron chi connectivity index (χ4n) is 1.61. The quantitative estimate of drug-likeness (QED) is 0.705. The lowest BCUT2D eigenvalue weighted by Crippen LogP contribution is -2.11. The first-order valence-corrected chi connectivity index (χ1v) is 4.42. The standard InChI is InChI=1S/C10H11F2N/c11-10(12)8-4-3-7-2-1-5-13-9(7)6-8/h3-4,6,10,13H,1-2,5H2. The summed E-state index contributed by atoms with van der Waals surface area (Å²) in [5, 5.41) is 3.12. The summed E-state index contributed by atoms with van der Waals surface area (Å²) < 4.78 is 24.6. The molecule has 0 aromatic heterocycles. The van der Waals surface area contributed by atoms with E-state index in [1.807, 2.05) is 0 Å². The van der Waals surface area contributed by atoms with Crippen LogP contribution in [-0.2, 0) is 6.42 Å². The Labute approximate surface area is 75.8 Å². The normalized spacial score (nSPS) is 15.3. The summed E-state index contributed by atoms with van der Waals surface area (Å²) in [5.41, 5.74) is 2.13. The topological polar surface area (TPSA) is 12.0 Å². The van der Waals surface area contributed by atoms with Gasteiger partial charge in [-0.3, -0.25) is 0 Å². The van der Waals surface area contributed by atoms with Crippen LogP contribution in [0.1, 0.15) is 24.0 Å². The molecule has 1 aromatic rings. The first-order chi connectivity index (χ1) is 6.27. The van der Waals surface area contributed by atoms with Crippen molar-refractivity contribution in [1.82, 2.24) is 0 Å². The van der Waals surface area contributed by atoms with Gasteiger partial charge in [0.25, 0.3) is 6.43 Å². The van der Waals surface area contributed by atoms with E-state index < -0.39 is 6.43 Å². The Balaban J connectivity index is 2.35. The van der Waals surface area contributed by atoms with Gasteiger partial charge in [-0.2, -0.15) is 0 Å². The zero-order valence-corrected chi connectivity index (χ0v) is 7.19. The van der Waals surface area contributed by atoms with Crippen LogP contribution >= 0.6 is 0 Å². The van der Waals surface area contributed by atoms with E-state index >= 15 is 0 Å². The van der Waals surface area contributed by atoms with E-state index in [9.17, 15) is 8.78 Å². The second kappa shape index (κ2) is 3.32. The summed E-state index contributed by atoms with van der Waals surface area (Å²) in [6.45, 7) is 0.889. The molecule has 0 saturated carbocycles. The summed E-state index contributed by atoms with van der Waals surface area (Å²) in [5.74, 6) is 0. The van der Waals surface area contributed by atoms with Crippen LogP contribution in [0.3, 0.4) is 0 Å². The van der Waals surface area contributed by atoms with Crippen molar-refractivity contribution in [3.05, 3.63) is 29.3 Å². The fourth-order valence-corrected chi connectivity index (χ4v) is 1.61. The highest BCUT2D eigenvalue weighted by atomic mass is 19.3. The summed E-state index contributed by atoms with van der Waals surface area (Å²) in [6, 6.07) is 4.86. The van der Waals surface area contributed by atoms with Gasteiger partial charge in [-0.15, -0.1) is 0 Å². The van der Waals surface area contributed by atoms with Gasteiger partial charge < -0.3 is 5.32 Å². The van der Waals surface area contributed by atoms with Crippen molar-refractivity contribution in [3.8, 4) is 0 Å². The molecule has 0 atom stereocenters. The summed E-state index contributed by atoms with van der Waals surface area (Å²) in [4.78, 5) is 0. The number of hydrogen-bond acceptors (Lipinski definition) is 1. The smallest absolute Gasteiger partial charge is 0.263 e. The van der Waals surface area contributed by atoms with E-state index in [-0.39, 0.29) is 5.56 Å². The third-order valence-corrected chi connectivity index (χ3v) is 2.32. The lowest BCUT2D eigenvalue weighted by Gasteiger charge is -2.18. The second-order valence-corrected chi connectivity index (χ2v) is 3.25. The molecule has 0 bridgehead atoms. The van der Waals surface area contributed by atoms with Crippen molar-refractivity contribution in [2.75, 3.05) is 11.9 Å². The van der Waals surface area contributed by atoms with Gasteiger partial charge in [0, 0.05) is 17.8 Å². The van der Waals surface area contributed by atoms with Gasteiger partial charge in [-0.05, 0) is 24.5 Å². The van der Waals surface area contributed by atoms with Crippen molar-refractivity contribution in [3.63, 3.8) is 0 Å². The summed E-state index contributed by atoms with van der Waals surface area (Å²) >= 11 is 0. The maximum atomic E-state index is 12.3. The average Bonchev–Trinajstić information content (AvgIpc) is 2.17. The molecule has 1 heterocycles. The zero-order valence-electron chi connectivity index (χ0n) is 7.19. The molecule has 1 N–H and O–H groups in total. The first kappa shape index (κ1) is 8.48. The number of fused-ring (bicyclic) bond motifs is 1. The SMILES string of the molecule is FC(F)c1ccc2c(c1)NCCC2. The van der Waals surface area contributed by atoms with Crippen LogP contribution in [-0.4, -0.2) is 6.54 Å². The van der Waals surface area contributed by atoms with Crippen LogP contribution in [0.15, 0.2) is 18.2 Å². The molecule has 0 saturated heterocycles.